The molecular formula is C6H7NO2S. The van der Waals surface area contributed by atoms with Crippen LogP contribution in [-0.4, -0.2) is 9.66 Å². The van der Waals surface area contributed by atoms with Gasteiger partial charge in [0.1, 0.15) is 18.0 Å². The number of aromatic hydroxyl groups is 1. The molecule has 0 radical (unpaired) electrons. The number of phenolic OH excluding ortho intramolecular Hbond substituents is 1. The van der Waals surface area contributed by atoms with E-state index >= 15 is 0 Å². The number of hydrogen-bond donors (Lipinski definition) is 3. The van der Waals surface area contributed by atoms with Crippen molar-refractivity contribution in [3.05, 3.63) is 24.3 Å². The average Bonchev–Trinajstić information content (AvgIpc) is 1.95. The van der Waals surface area contributed by atoms with Gasteiger partial charge < -0.3 is 14.4 Å². The van der Waals surface area contributed by atoms with Crippen molar-refractivity contribution < 1.29 is 9.66 Å². The van der Waals surface area contributed by atoms with Gasteiger partial charge in [-0.3, -0.25) is 0 Å². The molecule has 0 aliphatic rings. The Labute approximate surface area is 63.0 Å². The first-order chi connectivity index (χ1) is 4.83. The molecule has 0 fully saturated rings. The van der Waals surface area contributed by atoms with Gasteiger partial charge in [-0.25, -0.2) is 0 Å². The molecule has 0 atom stereocenters. The molecule has 3 nitrogen and oxygen atoms in total. The van der Waals surface area contributed by atoms with Crippen LogP contribution in [0.15, 0.2) is 24.3 Å². The smallest absolute Gasteiger partial charge is 0.115 e. The van der Waals surface area contributed by atoms with Crippen molar-refractivity contribution in [2.45, 2.75) is 0 Å². The Morgan fingerprint density at radius 1 is 1.20 bits per heavy atom. The van der Waals surface area contributed by atoms with Gasteiger partial charge in [0.25, 0.3) is 0 Å². The van der Waals surface area contributed by atoms with Crippen LogP contribution >= 0.6 is 12.2 Å². The molecule has 0 bridgehead atoms. The van der Waals surface area contributed by atoms with E-state index < -0.39 is 0 Å². The third kappa shape index (κ3) is 1.82. The van der Waals surface area contributed by atoms with Gasteiger partial charge >= 0.3 is 0 Å². The second-order valence-corrected chi connectivity index (χ2v) is 2.13. The zero-order valence-electron chi connectivity index (χ0n) is 5.11. The fraction of sp³-hybridized carbons (Fsp3) is 0. The summed E-state index contributed by atoms with van der Waals surface area (Å²) >= 11 is 0.529. The highest BCUT2D eigenvalue weighted by atomic mass is 32.2. The van der Waals surface area contributed by atoms with Crippen molar-refractivity contribution in [3.63, 3.8) is 0 Å². The molecule has 4 heteroatoms. The maximum Gasteiger partial charge on any atom is 0.115 e. The molecule has 0 aromatic heterocycles. The van der Waals surface area contributed by atoms with Crippen molar-refractivity contribution in [2.75, 3.05) is 4.72 Å². The van der Waals surface area contributed by atoms with Crippen LogP contribution in [0.2, 0.25) is 0 Å². The number of hydrogen-bond acceptors (Lipinski definition) is 4. The van der Waals surface area contributed by atoms with Crippen molar-refractivity contribution in [2.24, 2.45) is 0 Å². The second-order valence-electron chi connectivity index (χ2n) is 1.74. The van der Waals surface area contributed by atoms with Crippen LogP contribution in [0.4, 0.5) is 5.69 Å². The molecule has 10 heavy (non-hydrogen) atoms. The standard InChI is InChI=1S/C6H7NO2S/c8-6-3-1-5(2-4-6)7-10-9/h1-4,7-9H. The summed E-state index contributed by atoms with van der Waals surface area (Å²) in [5.74, 6) is 0.216. The molecule has 0 spiro atoms. The molecule has 0 amide bonds. The fourth-order valence-electron chi connectivity index (χ4n) is 0.582. The minimum absolute atomic E-state index is 0.216. The Bertz CT molecular complexity index is 199. The Balaban J connectivity index is 2.69. The molecule has 3 N–H and O–H groups in total. The maximum atomic E-state index is 8.83. The van der Waals surface area contributed by atoms with Crippen LogP contribution in [0.3, 0.4) is 0 Å². The van der Waals surface area contributed by atoms with E-state index in [1.165, 1.54) is 0 Å². The topological polar surface area (TPSA) is 52.5 Å². The van der Waals surface area contributed by atoms with Crippen LogP contribution in [0.25, 0.3) is 0 Å². The average molecular weight is 157 g/mol. The minimum atomic E-state index is 0.216. The summed E-state index contributed by atoms with van der Waals surface area (Å²) in [6, 6.07) is 6.41. The van der Waals surface area contributed by atoms with Gasteiger partial charge in [0.05, 0.1) is 0 Å². The van der Waals surface area contributed by atoms with Gasteiger partial charge in [-0.1, -0.05) is 0 Å². The highest BCUT2D eigenvalue weighted by Crippen LogP contribution is 2.15. The first kappa shape index (κ1) is 7.24. The van der Waals surface area contributed by atoms with Crippen LogP contribution in [-0.2, 0) is 0 Å². The van der Waals surface area contributed by atoms with E-state index in [-0.39, 0.29) is 5.75 Å². The summed E-state index contributed by atoms with van der Waals surface area (Å²) in [5.41, 5.74) is 0.755. The summed E-state index contributed by atoms with van der Waals surface area (Å²) in [5, 5.41) is 8.83. The summed E-state index contributed by atoms with van der Waals surface area (Å²) in [4.78, 5) is 0. The Morgan fingerprint density at radius 2 is 1.80 bits per heavy atom. The van der Waals surface area contributed by atoms with Gasteiger partial charge in [0.15, 0.2) is 0 Å². The fourth-order valence-corrected chi connectivity index (χ4v) is 0.824. The van der Waals surface area contributed by atoms with E-state index in [9.17, 15) is 0 Å². The predicted octanol–water partition coefficient (Wildman–Crippen LogP) is 1.93. The summed E-state index contributed by atoms with van der Waals surface area (Å²) in [7, 11) is 0. The van der Waals surface area contributed by atoms with Crippen molar-refractivity contribution >= 4 is 17.9 Å². The first-order valence-corrected chi connectivity index (χ1v) is 3.46. The molecule has 1 aromatic rings. The monoisotopic (exact) mass is 157 g/mol. The molecule has 54 valence electrons. The predicted molar refractivity (Wildman–Crippen MR) is 41.9 cm³/mol. The van der Waals surface area contributed by atoms with E-state index in [1.54, 1.807) is 24.3 Å². The molecule has 1 aromatic carbocycles. The lowest BCUT2D eigenvalue weighted by atomic mass is 10.3. The van der Waals surface area contributed by atoms with Gasteiger partial charge in [-0.15, -0.1) is 0 Å². The van der Waals surface area contributed by atoms with Gasteiger partial charge in [-0.05, 0) is 24.3 Å². The molecule has 0 saturated heterocycles. The highest BCUT2D eigenvalue weighted by molar-refractivity contribution is 7.95. The van der Waals surface area contributed by atoms with Crippen molar-refractivity contribution in [1.82, 2.24) is 0 Å². The third-order valence-corrected chi connectivity index (χ3v) is 1.36. The Hall–Kier alpha value is -0.870. The van der Waals surface area contributed by atoms with Gasteiger partial charge in [0, 0.05) is 5.69 Å². The molecular weight excluding hydrogens is 150 g/mol. The van der Waals surface area contributed by atoms with Crippen LogP contribution in [0, 0.1) is 0 Å². The maximum absolute atomic E-state index is 8.83. The number of rotatable bonds is 2. The Kier molecular flexibility index (Phi) is 2.42. The molecule has 1 rings (SSSR count). The first-order valence-electron chi connectivity index (χ1n) is 2.68. The minimum Gasteiger partial charge on any atom is -0.508 e. The van der Waals surface area contributed by atoms with E-state index in [0.717, 1.165) is 5.69 Å². The lowest BCUT2D eigenvalue weighted by Crippen LogP contribution is -1.82. The van der Waals surface area contributed by atoms with Crippen molar-refractivity contribution in [3.8, 4) is 5.75 Å². The zero-order chi connectivity index (χ0) is 7.40. The second kappa shape index (κ2) is 3.34. The Morgan fingerprint density at radius 3 is 2.30 bits per heavy atom. The normalized spacial score (nSPS) is 9.30. The summed E-state index contributed by atoms with van der Waals surface area (Å²) in [6.07, 6.45) is 0. The number of nitrogens with one attached hydrogen (secondary N) is 1. The molecule has 0 saturated carbocycles. The highest BCUT2D eigenvalue weighted by Gasteiger charge is 1.89. The quantitative estimate of drug-likeness (QED) is 0.349. The van der Waals surface area contributed by atoms with E-state index in [2.05, 4.69) is 4.72 Å². The largest absolute Gasteiger partial charge is 0.508 e. The SMILES string of the molecule is OSNc1ccc(O)cc1. The van der Waals surface area contributed by atoms with Crippen LogP contribution in [0.1, 0.15) is 0 Å². The lowest BCUT2D eigenvalue weighted by Gasteiger charge is -1.98. The van der Waals surface area contributed by atoms with E-state index in [0.29, 0.717) is 12.2 Å². The van der Waals surface area contributed by atoms with E-state index in [4.69, 9.17) is 9.66 Å². The third-order valence-electron chi connectivity index (χ3n) is 1.03. The summed E-state index contributed by atoms with van der Waals surface area (Å²) < 4.78 is 10.9. The number of phenols is 1. The number of anilines is 1. The molecule has 0 aliphatic carbocycles. The molecule has 0 aliphatic heterocycles. The van der Waals surface area contributed by atoms with Gasteiger partial charge in [0.2, 0.25) is 0 Å². The zero-order valence-corrected chi connectivity index (χ0v) is 5.93. The number of benzene rings is 1. The lowest BCUT2D eigenvalue weighted by molar-refractivity contribution is 0.475. The van der Waals surface area contributed by atoms with E-state index in [1.807, 2.05) is 0 Å². The van der Waals surface area contributed by atoms with Crippen LogP contribution in [0.5, 0.6) is 5.75 Å². The molecule has 0 unspecified atom stereocenters. The van der Waals surface area contributed by atoms with Crippen molar-refractivity contribution in [1.29, 1.82) is 0 Å². The molecule has 0 heterocycles. The summed E-state index contributed by atoms with van der Waals surface area (Å²) in [6.45, 7) is 0. The van der Waals surface area contributed by atoms with Crippen LogP contribution < -0.4 is 4.72 Å². The van der Waals surface area contributed by atoms with Gasteiger partial charge in [-0.2, -0.15) is 0 Å².